The molecule has 0 aliphatic carbocycles. The zero-order valence-corrected chi connectivity index (χ0v) is 18.0. The summed E-state index contributed by atoms with van der Waals surface area (Å²) in [5.41, 5.74) is -0.628. The molecule has 2 aromatic carbocycles. The van der Waals surface area contributed by atoms with E-state index in [0.717, 1.165) is 35.2 Å². The summed E-state index contributed by atoms with van der Waals surface area (Å²) in [5, 5.41) is 20.6. The number of nitrogens with zero attached hydrogens (tertiary/aromatic N) is 3. The van der Waals surface area contributed by atoms with Gasteiger partial charge in [-0.05, 0) is 42.5 Å². The molecule has 172 valence electrons. The summed E-state index contributed by atoms with van der Waals surface area (Å²) in [6.45, 7) is 0.129. The van der Waals surface area contributed by atoms with Crippen molar-refractivity contribution in [2.75, 3.05) is 24.7 Å². The van der Waals surface area contributed by atoms with Gasteiger partial charge in [0, 0.05) is 31.5 Å². The number of nitro benzene ring substituents is 1. The number of carbonyl (C=O) groups excluding carboxylic acids is 1. The number of benzene rings is 2. The van der Waals surface area contributed by atoms with Gasteiger partial charge >= 0.3 is 0 Å². The molecule has 1 aromatic heterocycles. The number of nitrogens with one attached hydrogen (secondary N) is 2. The van der Waals surface area contributed by atoms with Gasteiger partial charge in [0.15, 0.2) is 9.84 Å². The van der Waals surface area contributed by atoms with E-state index >= 15 is 0 Å². The molecule has 1 amide bonds. The van der Waals surface area contributed by atoms with E-state index in [4.69, 9.17) is 0 Å². The van der Waals surface area contributed by atoms with Crippen molar-refractivity contribution in [2.24, 2.45) is 0 Å². The van der Waals surface area contributed by atoms with Crippen molar-refractivity contribution in [2.45, 2.75) is 4.90 Å². The van der Waals surface area contributed by atoms with Crippen molar-refractivity contribution in [3.63, 3.8) is 0 Å². The smallest absolute Gasteiger partial charge is 0.293 e. The fraction of sp³-hybridized carbons (Fsp3) is 0.150. The van der Waals surface area contributed by atoms with Gasteiger partial charge in [-0.25, -0.2) is 12.8 Å². The summed E-state index contributed by atoms with van der Waals surface area (Å²) in [7, 11) is -3.61. The van der Waals surface area contributed by atoms with Gasteiger partial charge in [-0.2, -0.15) is 9.78 Å². The number of hydrogen-bond acceptors (Lipinski definition) is 8. The van der Waals surface area contributed by atoms with Crippen molar-refractivity contribution >= 4 is 27.1 Å². The van der Waals surface area contributed by atoms with Crippen LogP contribution in [0.1, 0.15) is 10.5 Å². The molecule has 3 aromatic rings. The van der Waals surface area contributed by atoms with Crippen LogP contribution in [0.2, 0.25) is 0 Å². The second kappa shape index (κ2) is 9.56. The Morgan fingerprint density at radius 3 is 2.45 bits per heavy atom. The molecule has 0 fully saturated rings. The van der Waals surface area contributed by atoms with E-state index < -0.39 is 37.7 Å². The maximum absolute atomic E-state index is 13.1. The monoisotopic (exact) mass is 475 g/mol. The molecule has 0 saturated heterocycles. The van der Waals surface area contributed by atoms with Gasteiger partial charge in [-0.15, -0.1) is 0 Å². The van der Waals surface area contributed by atoms with Gasteiger partial charge in [0.1, 0.15) is 17.2 Å². The average molecular weight is 475 g/mol. The number of aromatic nitrogens is 2. The molecule has 1 heterocycles. The van der Waals surface area contributed by atoms with Gasteiger partial charge in [0.05, 0.1) is 15.5 Å². The summed E-state index contributed by atoms with van der Waals surface area (Å²) in [6, 6.07) is 10.9. The second-order valence-corrected chi connectivity index (χ2v) is 8.85. The van der Waals surface area contributed by atoms with Crippen LogP contribution in [-0.4, -0.2) is 48.4 Å². The number of halogens is 1. The number of nitro groups is 1. The molecule has 2 N–H and O–H groups in total. The van der Waals surface area contributed by atoms with Gasteiger partial charge in [0.25, 0.3) is 17.2 Å². The van der Waals surface area contributed by atoms with Crippen molar-refractivity contribution in [1.29, 1.82) is 0 Å². The summed E-state index contributed by atoms with van der Waals surface area (Å²) in [5.74, 6) is -1.09. The zero-order chi connectivity index (χ0) is 24.2. The molecule has 0 unspecified atom stereocenters. The maximum atomic E-state index is 13.1. The molecule has 0 atom stereocenters. The minimum atomic E-state index is -3.61. The molecular formula is C20H18FN5O6S. The molecule has 0 aliphatic rings. The largest absolute Gasteiger partial charge is 0.378 e. The summed E-state index contributed by atoms with van der Waals surface area (Å²) >= 11 is 0. The third kappa shape index (κ3) is 5.77. The highest BCUT2D eigenvalue weighted by Gasteiger charge is 2.18. The highest BCUT2D eigenvalue weighted by atomic mass is 32.2. The second-order valence-electron chi connectivity index (χ2n) is 6.84. The standard InChI is InChI=1S/C20H18FN5O6S/c1-33(31,32)15-6-7-16(18(12-15)26(29)30)22-10-11-23-20(28)17-8-9-19(27)25(24-17)14-4-2-13(21)3-5-14/h2-9,12,22H,10-11H2,1H3,(H,23,28). The first-order valence-electron chi connectivity index (χ1n) is 9.43. The number of hydrogen-bond donors (Lipinski definition) is 2. The SMILES string of the molecule is CS(=O)(=O)c1ccc(NCCNC(=O)c2ccc(=O)n(-c3ccc(F)cc3)n2)c([N+](=O)[O-])c1. The van der Waals surface area contributed by atoms with Gasteiger partial charge < -0.3 is 10.6 Å². The quantitative estimate of drug-likeness (QED) is 0.282. The number of anilines is 1. The van der Waals surface area contributed by atoms with Crippen LogP contribution in [0.5, 0.6) is 0 Å². The van der Waals surface area contributed by atoms with Crippen molar-refractivity contribution in [1.82, 2.24) is 15.1 Å². The van der Waals surface area contributed by atoms with Crippen LogP contribution in [0, 0.1) is 15.9 Å². The summed E-state index contributed by atoms with van der Waals surface area (Å²) in [6.07, 6.45) is 0.946. The van der Waals surface area contributed by atoms with E-state index in [-0.39, 0.29) is 35.1 Å². The van der Waals surface area contributed by atoms with Crippen LogP contribution >= 0.6 is 0 Å². The Labute approximate surface area is 186 Å². The molecular weight excluding hydrogens is 457 g/mol. The Morgan fingerprint density at radius 2 is 1.82 bits per heavy atom. The first-order chi connectivity index (χ1) is 15.6. The Hall–Kier alpha value is -4.13. The van der Waals surface area contributed by atoms with Crippen molar-refractivity contribution in [3.05, 3.63) is 86.6 Å². The third-order valence-corrected chi connectivity index (χ3v) is 5.53. The first kappa shape index (κ1) is 23.5. The number of amides is 1. The van der Waals surface area contributed by atoms with Crippen LogP contribution < -0.4 is 16.2 Å². The van der Waals surface area contributed by atoms with E-state index in [9.17, 15) is 32.5 Å². The summed E-state index contributed by atoms with van der Waals surface area (Å²) in [4.78, 5) is 34.8. The van der Waals surface area contributed by atoms with Crippen LogP contribution in [0.15, 0.2) is 64.3 Å². The van der Waals surface area contributed by atoms with Crippen LogP contribution in [0.3, 0.4) is 0 Å². The van der Waals surface area contributed by atoms with Crippen molar-refractivity contribution in [3.8, 4) is 5.69 Å². The molecule has 11 nitrogen and oxygen atoms in total. The number of carbonyl (C=O) groups is 1. The number of rotatable bonds is 8. The van der Waals surface area contributed by atoms with E-state index in [2.05, 4.69) is 15.7 Å². The molecule has 3 rings (SSSR count). The number of sulfone groups is 1. The van der Waals surface area contributed by atoms with Gasteiger partial charge in [-0.1, -0.05) is 0 Å². The van der Waals surface area contributed by atoms with Crippen LogP contribution in [0.4, 0.5) is 15.8 Å². The van der Waals surface area contributed by atoms with Crippen molar-refractivity contribution < 1.29 is 22.5 Å². The predicted octanol–water partition coefficient (Wildman–Crippen LogP) is 1.53. The Bertz CT molecular complexity index is 1370. The molecule has 0 saturated carbocycles. The fourth-order valence-corrected chi connectivity index (χ4v) is 3.45. The lowest BCUT2D eigenvalue weighted by atomic mass is 10.2. The minimum Gasteiger partial charge on any atom is -0.378 e. The molecule has 33 heavy (non-hydrogen) atoms. The molecule has 0 spiro atoms. The highest BCUT2D eigenvalue weighted by molar-refractivity contribution is 7.90. The summed E-state index contributed by atoms with van der Waals surface area (Å²) < 4.78 is 37.3. The van der Waals surface area contributed by atoms with Crippen LogP contribution in [-0.2, 0) is 9.84 Å². The lowest BCUT2D eigenvalue weighted by molar-refractivity contribution is -0.384. The van der Waals surface area contributed by atoms with E-state index in [1.165, 1.54) is 30.3 Å². The minimum absolute atomic E-state index is 0.0428. The normalized spacial score (nSPS) is 11.1. The van der Waals surface area contributed by atoms with E-state index in [1.807, 2.05) is 0 Å². The topological polar surface area (TPSA) is 153 Å². The first-order valence-corrected chi connectivity index (χ1v) is 11.3. The average Bonchev–Trinajstić information content (AvgIpc) is 2.76. The Morgan fingerprint density at radius 1 is 1.12 bits per heavy atom. The third-order valence-electron chi connectivity index (χ3n) is 4.42. The Kier molecular flexibility index (Phi) is 6.82. The molecule has 13 heteroatoms. The van der Waals surface area contributed by atoms with Crippen LogP contribution in [0.25, 0.3) is 5.69 Å². The molecule has 0 radical (unpaired) electrons. The molecule has 0 bridgehead atoms. The lowest BCUT2D eigenvalue weighted by Gasteiger charge is -2.10. The Balaban J connectivity index is 1.66. The maximum Gasteiger partial charge on any atom is 0.293 e. The fourth-order valence-electron chi connectivity index (χ4n) is 2.81. The lowest BCUT2D eigenvalue weighted by Crippen LogP contribution is -2.32. The van der Waals surface area contributed by atoms with Gasteiger partial charge in [0.2, 0.25) is 0 Å². The predicted molar refractivity (Wildman–Crippen MR) is 117 cm³/mol. The zero-order valence-electron chi connectivity index (χ0n) is 17.2. The van der Waals surface area contributed by atoms with E-state index in [1.54, 1.807) is 0 Å². The van der Waals surface area contributed by atoms with Gasteiger partial charge in [-0.3, -0.25) is 19.7 Å². The highest BCUT2D eigenvalue weighted by Crippen LogP contribution is 2.27. The molecule has 0 aliphatic heterocycles. The van der Waals surface area contributed by atoms with E-state index in [0.29, 0.717) is 0 Å².